The first-order chi connectivity index (χ1) is 10.2. The Hall–Kier alpha value is -1.32. The van der Waals surface area contributed by atoms with E-state index in [0.717, 1.165) is 23.1 Å². The van der Waals surface area contributed by atoms with Crippen LogP contribution >= 0.6 is 15.9 Å². The zero-order valence-electron chi connectivity index (χ0n) is 12.6. The van der Waals surface area contributed by atoms with Crippen LogP contribution in [0, 0.1) is 0 Å². The third-order valence-electron chi connectivity index (χ3n) is 3.56. The Bertz CT molecular complexity index is 556. The van der Waals surface area contributed by atoms with Crippen LogP contribution in [0.4, 0.5) is 0 Å². The first-order valence-corrected chi connectivity index (χ1v) is 8.17. The van der Waals surface area contributed by atoms with Crippen molar-refractivity contribution in [2.24, 2.45) is 0 Å². The molecule has 0 bridgehead atoms. The molecule has 1 atom stereocenters. The summed E-state index contributed by atoms with van der Waals surface area (Å²) in [6.45, 7) is 2.70. The summed E-state index contributed by atoms with van der Waals surface area (Å²) in [6.07, 6.45) is 2.08. The van der Waals surface area contributed by atoms with Gasteiger partial charge in [-0.3, -0.25) is 0 Å². The predicted octanol–water partition coefficient (Wildman–Crippen LogP) is 4.74. The molecule has 0 fully saturated rings. The van der Waals surface area contributed by atoms with Crippen molar-refractivity contribution in [2.45, 2.75) is 25.8 Å². The number of benzene rings is 2. The molecule has 21 heavy (non-hydrogen) atoms. The molecular formula is C18H22BrNO. The third kappa shape index (κ3) is 4.58. The van der Waals surface area contributed by atoms with Crippen LogP contribution in [0.15, 0.2) is 53.0 Å². The lowest BCUT2D eigenvalue weighted by Crippen LogP contribution is -2.18. The standard InChI is InChI=1S/C18H22BrNO/c1-3-21-18-12-10-15(19)13-16(18)17(20-2)11-9-14-7-5-4-6-8-14/h4-8,10,12-13,17,20H,3,9,11H2,1-2H3. The minimum atomic E-state index is 0.282. The van der Waals surface area contributed by atoms with Crippen molar-refractivity contribution in [1.29, 1.82) is 0 Å². The molecule has 0 aliphatic carbocycles. The summed E-state index contributed by atoms with van der Waals surface area (Å²) in [5.41, 5.74) is 2.58. The summed E-state index contributed by atoms with van der Waals surface area (Å²) in [7, 11) is 2.01. The van der Waals surface area contributed by atoms with E-state index in [2.05, 4.69) is 57.6 Å². The Balaban J connectivity index is 2.14. The molecule has 0 aliphatic rings. The van der Waals surface area contributed by atoms with E-state index >= 15 is 0 Å². The molecule has 0 aromatic heterocycles. The molecule has 0 saturated carbocycles. The molecule has 0 amide bonds. The Morgan fingerprint density at radius 1 is 1.14 bits per heavy atom. The normalized spacial score (nSPS) is 12.1. The van der Waals surface area contributed by atoms with Crippen LogP contribution in [-0.2, 0) is 6.42 Å². The van der Waals surface area contributed by atoms with Crippen molar-refractivity contribution in [3.63, 3.8) is 0 Å². The summed E-state index contributed by atoms with van der Waals surface area (Å²) >= 11 is 3.56. The van der Waals surface area contributed by atoms with E-state index in [1.54, 1.807) is 0 Å². The van der Waals surface area contributed by atoms with Gasteiger partial charge in [-0.25, -0.2) is 0 Å². The van der Waals surface area contributed by atoms with Crippen molar-refractivity contribution in [3.05, 3.63) is 64.1 Å². The van der Waals surface area contributed by atoms with Gasteiger partial charge in [0.25, 0.3) is 0 Å². The summed E-state index contributed by atoms with van der Waals surface area (Å²) in [4.78, 5) is 0. The second-order valence-corrected chi connectivity index (χ2v) is 5.90. The molecule has 2 rings (SSSR count). The van der Waals surface area contributed by atoms with Crippen LogP contribution in [0.1, 0.15) is 30.5 Å². The molecule has 0 radical (unpaired) electrons. The van der Waals surface area contributed by atoms with Crippen molar-refractivity contribution in [1.82, 2.24) is 5.32 Å². The van der Waals surface area contributed by atoms with Gasteiger partial charge >= 0.3 is 0 Å². The average Bonchev–Trinajstić information content (AvgIpc) is 2.51. The van der Waals surface area contributed by atoms with E-state index in [0.29, 0.717) is 6.61 Å². The fraction of sp³-hybridized carbons (Fsp3) is 0.333. The van der Waals surface area contributed by atoms with Crippen LogP contribution in [0.5, 0.6) is 5.75 Å². The monoisotopic (exact) mass is 347 g/mol. The molecule has 2 aromatic rings. The molecule has 2 aromatic carbocycles. The maximum Gasteiger partial charge on any atom is 0.124 e. The molecule has 0 saturated heterocycles. The van der Waals surface area contributed by atoms with Gasteiger partial charge in [-0.15, -0.1) is 0 Å². The maximum absolute atomic E-state index is 5.77. The minimum Gasteiger partial charge on any atom is -0.494 e. The van der Waals surface area contributed by atoms with Gasteiger partial charge in [-0.1, -0.05) is 46.3 Å². The number of ether oxygens (including phenoxy) is 1. The highest BCUT2D eigenvalue weighted by Crippen LogP contribution is 2.31. The summed E-state index contributed by atoms with van der Waals surface area (Å²) in [5.74, 6) is 0.966. The molecule has 2 nitrogen and oxygen atoms in total. The SMILES string of the molecule is CCOc1ccc(Br)cc1C(CCc1ccccc1)NC. The van der Waals surface area contributed by atoms with Crippen molar-refractivity contribution in [2.75, 3.05) is 13.7 Å². The van der Waals surface area contributed by atoms with Gasteiger partial charge in [-0.05, 0) is 50.6 Å². The highest BCUT2D eigenvalue weighted by molar-refractivity contribution is 9.10. The quantitative estimate of drug-likeness (QED) is 0.780. The van der Waals surface area contributed by atoms with E-state index in [9.17, 15) is 0 Å². The van der Waals surface area contributed by atoms with E-state index < -0.39 is 0 Å². The number of nitrogens with one attached hydrogen (secondary N) is 1. The minimum absolute atomic E-state index is 0.282. The fourth-order valence-corrected chi connectivity index (χ4v) is 2.87. The molecule has 112 valence electrons. The summed E-state index contributed by atoms with van der Waals surface area (Å²) in [6, 6.07) is 17.1. The van der Waals surface area contributed by atoms with Gasteiger partial charge < -0.3 is 10.1 Å². The highest BCUT2D eigenvalue weighted by atomic mass is 79.9. The summed E-state index contributed by atoms with van der Waals surface area (Å²) < 4.78 is 6.85. The van der Waals surface area contributed by atoms with Gasteiger partial charge in [0.1, 0.15) is 5.75 Å². The van der Waals surface area contributed by atoms with E-state index in [4.69, 9.17) is 4.74 Å². The van der Waals surface area contributed by atoms with E-state index in [1.165, 1.54) is 11.1 Å². The van der Waals surface area contributed by atoms with Crippen molar-refractivity contribution in [3.8, 4) is 5.75 Å². The van der Waals surface area contributed by atoms with Gasteiger partial charge in [-0.2, -0.15) is 0 Å². The molecule has 1 unspecified atom stereocenters. The van der Waals surface area contributed by atoms with Crippen molar-refractivity contribution < 1.29 is 4.74 Å². The molecule has 0 aliphatic heterocycles. The second kappa shape index (κ2) is 8.20. The third-order valence-corrected chi connectivity index (χ3v) is 4.05. The first kappa shape index (κ1) is 16.1. The molecule has 0 heterocycles. The zero-order chi connectivity index (χ0) is 15.1. The fourth-order valence-electron chi connectivity index (χ4n) is 2.49. The lowest BCUT2D eigenvalue weighted by molar-refractivity contribution is 0.331. The van der Waals surface area contributed by atoms with Crippen LogP contribution < -0.4 is 10.1 Å². The largest absolute Gasteiger partial charge is 0.494 e. The Kier molecular flexibility index (Phi) is 6.27. The number of hydrogen-bond acceptors (Lipinski definition) is 2. The lowest BCUT2D eigenvalue weighted by atomic mass is 9.98. The number of rotatable bonds is 7. The average molecular weight is 348 g/mol. The Morgan fingerprint density at radius 2 is 1.90 bits per heavy atom. The lowest BCUT2D eigenvalue weighted by Gasteiger charge is -2.20. The number of hydrogen-bond donors (Lipinski definition) is 1. The second-order valence-electron chi connectivity index (χ2n) is 4.98. The molecule has 3 heteroatoms. The first-order valence-electron chi connectivity index (χ1n) is 7.38. The van der Waals surface area contributed by atoms with Gasteiger partial charge in [0.15, 0.2) is 0 Å². The molecule has 0 spiro atoms. The zero-order valence-corrected chi connectivity index (χ0v) is 14.2. The number of halogens is 1. The predicted molar refractivity (Wildman–Crippen MR) is 91.9 cm³/mol. The van der Waals surface area contributed by atoms with Crippen molar-refractivity contribution >= 4 is 15.9 Å². The van der Waals surface area contributed by atoms with Crippen LogP contribution in [0.25, 0.3) is 0 Å². The van der Waals surface area contributed by atoms with Gasteiger partial charge in [0.05, 0.1) is 6.61 Å². The van der Waals surface area contributed by atoms with Gasteiger partial charge in [0, 0.05) is 16.1 Å². The van der Waals surface area contributed by atoms with Gasteiger partial charge in [0.2, 0.25) is 0 Å². The molecule has 1 N–H and O–H groups in total. The van der Waals surface area contributed by atoms with Crippen LogP contribution in [0.2, 0.25) is 0 Å². The molecular weight excluding hydrogens is 326 g/mol. The van der Waals surface area contributed by atoms with E-state index in [-0.39, 0.29) is 6.04 Å². The maximum atomic E-state index is 5.77. The summed E-state index contributed by atoms with van der Waals surface area (Å²) in [5, 5.41) is 3.41. The van der Waals surface area contributed by atoms with Crippen LogP contribution in [0.3, 0.4) is 0 Å². The Labute approximate surface area is 135 Å². The topological polar surface area (TPSA) is 21.3 Å². The van der Waals surface area contributed by atoms with E-state index in [1.807, 2.05) is 26.1 Å². The Morgan fingerprint density at radius 3 is 2.57 bits per heavy atom. The number of aryl methyl sites for hydroxylation is 1. The highest BCUT2D eigenvalue weighted by Gasteiger charge is 2.15. The smallest absolute Gasteiger partial charge is 0.124 e. The van der Waals surface area contributed by atoms with Crippen LogP contribution in [-0.4, -0.2) is 13.7 Å².